The average Bonchev–Trinajstić information content (AvgIpc) is 3.04. The largest absolute Gasteiger partial charge is 0.423 e. The topological polar surface area (TPSA) is 68.0 Å². The molecule has 0 fully saturated rings. The zero-order valence-electron chi connectivity index (χ0n) is 11.7. The lowest BCUT2D eigenvalue weighted by Crippen LogP contribution is -2.12. The average molecular weight is 358 g/mol. The summed E-state index contributed by atoms with van der Waals surface area (Å²) >= 11 is 3.40. The third-order valence-electron chi connectivity index (χ3n) is 3.19. The van der Waals surface area contributed by atoms with E-state index in [1.807, 2.05) is 25.1 Å². The van der Waals surface area contributed by atoms with E-state index < -0.39 is 0 Å². The van der Waals surface area contributed by atoms with Crippen LogP contribution in [0.5, 0.6) is 0 Å². The van der Waals surface area contributed by atoms with Crippen molar-refractivity contribution < 1.29 is 9.21 Å². The molecule has 0 bridgehead atoms. The van der Waals surface area contributed by atoms with E-state index in [0.717, 1.165) is 21.3 Å². The molecule has 0 spiro atoms. The summed E-state index contributed by atoms with van der Waals surface area (Å²) < 4.78 is 6.09. The molecule has 3 aromatic rings. The van der Waals surface area contributed by atoms with Crippen molar-refractivity contribution in [3.8, 4) is 11.5 Å². The molecule has 0 aliphatic carbocycles. The fourth-order valence-corrected chi connectivity index (χ4v) is 2.50. The minimum absolute atomic E-state index is 0.164. The van der Waals surface area contributed by atoms with Crippen molar-refractivity contribution in [1.82, 2.24) is 10.2 Å². The van der Waals surface area contributed by atoms with Crippen molar-refractivity contribution in [1.29, 1.82) is 0 Å². The summed E-state index contributed by atoms with van der Waals surface area (Å²) in [6.45, 7) is 1.94. The van der Waals surface area contributed by atoms with Gasteiger partial charge in [-0.1, -0.05) is 15.9 Å². The number of anilines is 1. The Kier molecular flexibility index (Phi) is 4.02. The predicted molar refractivity (Wildman–Crippen MR) is 86.6 cm³/mol. The number of nitrogens with one attached hydrogen (secondary N) is 1. The highest BCUT2D eigenvalue weighted by Crippen LogP contribution is 2.21. The van der Waals surface area contributed by atoms with Crippen LogP contribution < -0.4 is 5.32 Å². The first kappa shape index (κ1) is 14.5. The molecule has 110 valence electrons. The number of carbonyl (C=O) groups excluding carboxylic acids is 1. The van der Waals surface area contributed by atoms with Crippen LogP contribution in [0.25, 0.3) is 11.5 Å². The molecule has 2 aromatic carbocycles. The van der Waals surface area contributed by atoms with Crippen LogP contribution >= 0.6 is 15.9 Å². The molecule has 0 atom stereocenters. The summed E-state index contributed by atoms with van der Waals surface area (Å²) in [7, 11) is 0. The van der Waals surface area contributed by atoms with Gasteiger partial charge < -0.3 is 9.73 Å². The molecule has 5 nitrogen and oxygen atoms in total. The summed E-state index contributed by atoms with van der Waals surface area (Å²) in [4.78, 5) is 12.3. The molecule has 22 heavy (non-hydrogen) atoms. The normalized spacial score (nSPS) is 10.5. The number of benzene rings is 2. The minimum Gasteiger partial charge on any atom is -0.423 e. The number of hydrogen-bond donors (Lipinski definition) is 1. The Bertz CT molecular complexity index is 799. The molecule has 0 aliphatic rings. The number of aryl methyl sites for hydroxylation is 1. The molecule has 1 amide bonds. The van der Waals surface area contributed by atoms with Crippen molar-refractivity contribution in [3.63, 3.8) is 0 Å². The van der Waals surface area contributed by atoms with Crippen molar-refractivity contribution in [2.24, 2.45) is 0 Å². The fourth-order valence-electron chi connectivity index (χ4n) is 2.02. The van der Waals surface area contributed by atoms with Gasteiger partial charge >= 0.3 is 0 Å². The number of halogens is 1. The van der Waals surface area contributed by atoms with E-state index in [2.05, 4.69) is 31.4 Å². The highest BCUT2D eigenvalue weighted by molar-refractivity contribution is 9.10. The Hall–Kier alpha value is -2.47. The first-order valence-corrected chi connectivity index (χ1v) is 7.37. The van der Waals surface area contributed by atoms with Gasteiger partial charge in [-0.05, 0) is 55.0 Å². The molecule has 0 unspecified atom stereocenters. The first-order chi connectivity index (χ1) is 10.6. The highest BCUT2D eigenvalue weighted by Gasteiger charge is 2.09. The quantitative estimate of drug-likeness (QED) is 0.767. The highest BCUT2D eigenvalue weighted by atomic mass is 79.9. The van der Waals surface area contributed by atoms with Crippen LogP contribution in [0.15, 0.2) is 57.7 Å². The number of nitrogens with zero attached hydrogens (tertiary/aromatic N) is 2. The minimum atomic E-state index is -0.164. The first-order valence-electron chi connectivity index (χ1n) is 6.57. The third-order valence-corrected chi connectivity index (χ3v) is 3.68. The van der Waals surface area contributed by atoms with Crippen molar-refractivity contribution in [3.05, 3.63) is 64.5 Å². The van der Waals surface area contributed by atoms with Crippen LogP contribution in [0.3, 0.4) is 0 Å². The molecular weight excluding hydrogens is 346 g/mol. The summed E-state index contributed by atoms with van der Waals surface area (Å²) in [6, 6.07) is 12.7. The molecular formula is C16H12BrN3O2. The molecule has 0 aliphatic heterocycles. The van der Waals surface area contributed by atoms with E-state index in [1.165, 1.54) is 6.39 Å². The van der Waals surface area contributed by atoms with E-state index in [-0.39, 0.29) is 5.91 Å². The van der Waals surface area contributed by atoms with Crippen LogP contribution in [-0.2, 0) is 0 Å². The lowest BCUT2D eigenvalue weighted by molar-refractivity contribution is 0.102. The van der Waals surface area contributed by atoms with Gasteiger partial charge in [-0.25, -0.2) is 0 Å². The zero-order chi connectivity index (χ0) is 15.5. The maximum absolute atomic E-state index is 12.3. The molecule has 0 radical (unpaired) electrons. The predicted octanol–water partition coefficient (Wildman–Crippen LogP) is 4.06. The van der Waals surface area contributed by atoms with Gasteiger partial charge in [0.25, 0.3) is 5.91 Å². The Labute approximate surface area is 135 Å². The monoisotopic (exact) mass is 357 g/mol. The number of hydrogen-bond acceptors (Lipinski definition) is 4. The second kappa shape index (κ2) is 6.11. The second-order valence-corrected chi connectivity index (χ2v) is 5.65. The van der Waals surface area contributed by atoms with Gasteiger partial charge in [0.05, 0.1) is 0 Å². The maximum Gasteiger partial charge on any atom is 0.255 e. The SMILES string of the molecule is Cc1cc(Br)ccc1NC(=O)c1ccc(-c2nnco2)cc1. The van der Waals surface area contributed by atoms with Crippen LogP contribution in [-0.4, -0.2) is 16.1 Å². The van der Waals surface area contributed by atoms with Gasteiger partial charge in [0.2, 0.25) is 12.3 Å². The lowest BCUT2D eigenvalue weighted by Gasteiger charge is -2.09. The molecule has 0 saturated heterocycles. The number of carbonyl (C=O) groups is 1. The van der Waals surface area contributed by atoms with Gasteiger partial charge in [-0.3, -0.25) is 4.79 Å². The van der Waals surface area contributed by atoms with Crippen molar-refractivity contribution >= 4 is 27.5 Å². The number of aromatic nitrogens is 2. The van der Waals surface area contributed by atoms with Gasteiger partial charge in [-0.15, -0.1) is 10.2 Å². The molecule has 0 saturated carbocycles. The fraction of sp³-hybridized carbons (Fsp3) is 0.0625. The van der Waals surface area contributed by atoms with Crippen LogP contribution in [0, 0.1) is 6.92 Å². The van der Waals surface area contributed by atoms with E-state index >= 15 is 0 Å². The van der Waals surface area contributed by atoms with Crippen molar-refractivity contribution in [2.45, 2.75) is 6.92 Å². The molecule has 1 aromatic heterocycles. The summed E-state index contributed by atoms with van der Waals surface area (Å²) in [6.07, 6.45) is 1.27. The second-order valence-electron chi connectivity index (χ2n) is 4.73. The molecule has 3 rings (SSSR count). The summed E-state index contributed by atoms with van der Waals surface area (Å²) in [5, 5.41) is 10.4. The van der Waals surface area contributed by atoms with E-state index in [4.69, 9.17) is 4.42 Å². The number of rotatable bonds is 3. The smallest absolute Gasteiger partial charge is 0.255 e. The Morgan fingerprint density at radius 3 is 2.59 bits per heavy atom. The summed E-state index contributed by atoms with van der Waals surface area (Å²) in [5.74, 6) is 0.262. The van der Waals surface area contributed by atoms with Gasteiger partial charge in [-0.2, -0.15) is 0 Å². The van der Waals surface area contributed by atoms with Gasteiger partial charge in [0.15, 0.2) is 0 Å². The molecule has 6 heteroatoms. The van der Waals surface area contributed by atoms with E-state index in [9.17, 15) is 4.79 Å². The Balaban J connectivity index is 1.77. The van der Waals surface area contributed by atoms with Crippen LogP contribution in [0.2, 0.25) is 0 Å². The van der Waals surface area contributed by atoms with E-state index in [0.29, 0.717) is 11.5 Å². The van der Waals surface area contributed by atoms with Gasteiger partial charge in [0.1, 0.15) is 0 Å². The van der Waals surface area contributed by atoms with Crippen LogP contribution in [0.4, 0.5) is 5.69 Å². The standard InChI is InChI=1S/C16H12BrN3O2/c1-10-8-13(17)6-7-14(10)19-15(21)11-2-4-12(5-3-11)16-20-18-9-22-16/h2-9H,1H3,(H,19,21). The summed E-state index contributed by atoms with van der Waals surface area (Å²) in [5.41, 5.74) is 3.11. The molecule has 1 heterocycles. The molecule has 1 N–H and O–H groups in total. The number of amides is 1. The third kappa shape index (κ3) is 3.07. The van der Waals surface area contributed by atoms with Gasteiger partial charge in [0, 0.05) is 21.3 Å². The zero-order valence-corrected chi connectivity index (χ0v) is 13.3. The van der Waals surface area contributed by atoms with Crippen LogP contribution in [0.1, 0.15) is 15.9 Å². The lowest BCUT2D eigenvalue weighted by atomic mass is 10.1. The van der Waals surface area contributed by atoms with E-state index in [1.54, 1.807) is 24.3 Å². The van der Waals surface area contributed by atoms with Crippen molar-refractivity contribution in [2.75, 3.05) is 5.32 Å². The Morgan fingerprint density at radius 2 is 1.95 bits per heavy atom. The maximum atomic E-state index is 12.3. The Morgan fingerprint density at radius 1 is 1.18 bits per heavy atom.